The Morgan fingerprint density at radius 1 is 1.11 bits per heavy atom. The molecule has 146 valence electrons. The summed E-state index contributed by atoms with van der Waals surface area (Å²) in [4.78, 5) is 19.8. The Bertz CT molecular complexity index is 974. The molecule has 2 heterocycles. The molecule has 28 heavy (non-hydrogen) atoms. The minimum Gasteiger partial charge on any atom is -0.331 e. The van der Waals surface area contributed by atoms with Crippen LogP contribution in [-0.2, 0) is 13.5 Å². The lowest BCUT2D eigenvalue weighted by atomic mass is 10.1. The first-order valence-corrected chi connectivity index (χ1v) is 10.2. The van der Waals surface area contributed by atoms with E-state index in [0.29, 0.717) is 10.6 Å². The molecule has 3 aromatic rings. The molecule has 4 rings (SSSR count). The number of carbonyl (C=O) groups is 1. The van der Waals surface area contributed by atoms with Gasteiger partial charge in [0.1, 0.15) is 5.82 Å². The van der Waals surface area contributed by atoms with E-state index in [9.17, 15) is 4.79 Å². The second-order valence-electron chi connectivity index (χ2n) is 7.40. The van der Waals surface area contributed by atoms with Crippen LogP contribution in [0.2, 0.25) is 5.02 Å². The average molecular weight is 397 g/mol. The molecule has 5 nitrogen and oxygen atoms in total. The highest BCUT2D eigenvalue weighted by molar-refractivity contribution is 6.30. The summed E-state index contributed by atoms with van der Waals surface area (Å²) in [5.41, 5.74) is 3.31. The molecule has 0 radical (unpaired) electrons. The number of aryl methyl sites for hydroxylation is 1. The summed E-state index contributed by atoms with van der Waals surface area (Å²) in [6.45, 7) is 3.45. The molecule has 2 aromatic carbocycles. The first-order chi connectivity index (χ1) is 13.6. The van der Waals surface area contributed by atoms with Gasteiger partial charge in [-0.2, -0.15) is 0 Å². The van der Waals surface area contributed by atoms with Gasteiger partial charge in [-0.05, 0) is 68.4 Å². The second kappa shape index (κ2) is 8.33. The lowest BCUT2D eigenvalue weighted by Gasteiger charge is -2.26. The zero-order chi connectivity index (χ0) is 19.5. The van der Waals surface area contributed by atoms with Crippen LogP contribution < -0.4 is 5.32 Å². The maximum atomic E-state index is 12.4. The Morgan fingerprint density at radius 3 is 2.61 bits per heavy atom. The largest absolute Gasteiger partial charge is 0.331 e. The van der Waals surface area contributed by atoms with Gasteiger partial charge in [-0.25, -0.2) is 4.98 Å². The normalized spacial score (nSPS) is 15.1. The molecule has 1 N–H and O–H groups in total. The van der Waals surface area contributed by atoms with Crippen LogP contribution in [0.3, 0.4) is 0 Å². The molecule has 0 saturated carbocycles. The molecule has 1 aromatic heterocycles. The van der Waals surface area contributed by atoms with Gasteiger partial charge < -0.3 is 14.8 Å². The predicted molar refractivity (Wildman–Crippen MR) is 114 cm³/mol. The van der Waals surface area contributed by atoms with Crippen molar-refractivity contribution in [1.82, 2.24) is 14.5 Å². The number of benzene rings is 2. The number of hydrogen-bond acceptors (Lipinski definition) is 3. The summed E-state index contributed by atoms with van der Waals surface area (Å²) in [7, 11) is 2.06. The fourth-order valence-electron chi connectivity index (χ4n) is 3.80. The summed E-state index contributed by atoms with van der Waals surface area (Å²) in [6, 6.07) is 12.7. The van der Waals surface area contributed by atoms with Gasteiger partial charge in [0.2, 0.25) is 0 Å². The summed E-state index contributed by atoms with van der Waals surface area (Å²) in [5, 5.41) is 3.56. The summed E-state index contributed by atoms with van der Waals surface area (Å²) < 4.78 is 2.16. The number of rotatable bonds is 5. The van der Waals surface area contributed by atoms with Gasteiger partial charge >= 0.3 is 0 Å². The van der Waals surface area contributed by atoms with Crippen LogP contribution in [0.5, 0.6) is 0 Å². The van der Waals surface area contributed by atoms with Gasteiger partial charge in [0, 0.05) is 36.3 Å². The average Bonchev–Trinajstić information content (AvgIpc) is 3.03. The predicted octanol–water partition coefficient (Wildman–Crippen LogP) is 4.51. The van der Waals surface area contributed by atoms with Crippen molar-refractivity contribution in [2.45, 2.75) is 25.7 Å². The number of piperidine rings is 1. The number of amides is 1. The standard InChI is InChI=1S/C22H25ClN4O/c1-26-20-10-9-18(24-22(28)16-5-7-17(23)8-6-16)15-19(20)25-21(26)11-14-27-12-3-2-4-13-27/h5-10,15H,2-4,11-14H2,1H3,(H,24,28). The third-order valence-electron chi connectivity index (χ3n) is 5.44. The van der Waals surface area contributed by atoms with Crippen LogP contribution in [0.15, 0.2) is 42.5 Å². The van der Waals surface area contributed by atoms with Crippen molar-refractivity contribution >= 4 is 34.2 Å². The van der Waals surface area contributed by atoms with Gasteiger partial charge in [-0.3, -0.25) is 4.79 Å². The van der Waals surface area contributed by atoms with E-state index >= 15 is 0 Å². The van der Waals surface area contributed by atoms with Crippen LogP contribution in [0.4, 0.5) is 5.69 Å². The molecular weight excluding hydrogens is 372 g/mol. The minimum absolute atomic E-state index is 0.155. The lowest BCUT2D eigenvalue weighted by Crippen LogP contribution is -2.31. The number of nitrogens with one attached hydrogen (secondary N) is 1. The number of aromatic nitrogens is 2. The summed E-state index contributed by atoms with van der Waals surface area (Å²) in [6.07, 6.45) is 4.91. The number of halogens is 1. The SMILES string of the molecule is Cn1c(CCN2CCCCC2)nc2cc(NC(=O)c3ccc(Cl)cc3)ccc21. The fraction of sp³-hybridized carbons (Fsp3) is 0.364. The van der Waals surface area contributed by atoms with Crippen molar-refractivity contribution in [1.29, 1.82) is 0 Å². The third kappa shape index (κ3) is 4.21. The molecule has 0 bridgehead atoms. The van der Waals surface area contributed by atoms with E-state index in [0.717, 1.165) is 35.5 Å². The maximum Gasteiger partial charge on any atom is 0.255 e. The van der Waals surface area contributed by atoms with Crippen molar-refractivity contribution in [3.8, 4) is 0 Å². The molecule has 1 aliphatic heterocycles. The number of hydrogen-bond donors (Lipinski definition) is 1. The highest BCUT2D eigenvalue weighted by atomic mass is 35.5. The second-order valence-corrected chi connectivity index (χ2v) is 7.84. The zero-order valence-corrected chi connectivity index (χ0v) is 16.9. The van der Waals surface area contributed by atoms with E-state index in [1.54, 1.807) is 24.3 Å². The zero-order valence-electron chi connectivity index (χ0n) is 16.1. The Labute approximate surface area is 170 Å². The van der Waals surface area contributed by atoms with Gasteiger partial charge in [0.05, 0.1) is 11.0 Å². The number of likely N-dealkylation sites (tertiary alicyclic amines) is 1. The van der Waals surface area contributed by atoms with Crippen molar-refractivity contribution < 1.29 is 4.79 Å². The maximum absolute atomic E-state index is 12.4. The number of fused-ring (bicyclic) bond motifs is 1. The van der Waals surface area contributed by atoms with E-state index in [2.05, 4.69) is 21.8 Å². The number of nitrogens with zero attached hydrogens (tertiary/aromatic N) is 3. The Kier molecular flexibility index (Phi) is 5.64. The van der Waals surface area contributed by atoms with Crippen LogP contribution in [-0.4, -0.2) is 40.0 Å². The van der Waals surface area contributed by atoms with Gasteiger partial charge in [0.25, 0.3) is 5.91 Å². The summed E-state index contributed by atoms with van der Waals surface area (Å²) >= 11 is 5.89. The Hall–Kier alpha value is -2.37. The van der Waals surface area contributed by atoms with Crippen LogP contribution in [0.25, 0.3) is 11.0 Å². The molecular formula is C22H25ClN4O. The third-order valence-corrected chi connectivity index (χ3v) is 5.69. The topological polar surface area (TPSA) is 50.2 Å². The van der Waals surface area contributed by atoms with E-state index in [-0.39, 0.29) is 5.91 Å². The molecule has 1 fully saturated rings. The quantitative estimate of drug-likeness (QED) is 0.690. The van der Waals surface area contributed by atoms with Crippen molar-refractivity contribution in [3.63, 3.8) is 0 Å². The first kappa shape index (κ1) is 19.0. The number of carbonyl (C=O) groups excluding carboxylic acids is 1. The van der Waals surface area contributed by atoms with Gasteiger partial charge in [-0.15, -0.1) is 0 Å². The molecule has 0 spiro atoms. The highest BCUT2D eigenvalue weighted by Crippen LogP contribution is 2.21. The lowest BCUT2D eigenvalue weighted by molar-refractivity contribution is 0.102. The monoisotopic (exact) mass is 396 g/mol. The van der Waals surface area contributed by atoms with Crippen molar-refractivity contribution in [3.05, 3.63) is 58.9 Å². The number of anilines is 1. The van der Waals surface area contributed by atoms with Crippen LogP contribution >= 0.6 is 11.6 Å². The molecule has 0 unspecified atom stereocenters. The molecule has 0 atom stereocenters. The van der Waals surface area contributed by atoms with E-state index in [4.69, 9.17) is 16.6 Å². The van der Waals surface area contributed by atoms with E-state index in [1.807, 2.05) is 18.2 Å². The van der Waals surface area contributed by atoms with E-state index < -0.39 is 0 Å². The van der Waals surface area contributed by atoms with Crippen molar-refractivity contribution in [2.24, 2.45) is 7.05 Å². The molecule has 1 saturated heterocycles. The molecule has 6 heteroatoms. The van der Waals surface area contributed by atoms with Crippen LogP contribution in [0, 0.1) is 0 Å². The first-order valence-electron chi connectivity index (χ1n) is 9.85. The minimum atomic E-state index is -0.155. The molecule has 0 aliphatic carbocycles. The van der Waals surface area contributed by atoms with Gasteiger partial charge in [0.15, 0.2) is 0 Å². The molecule has 1 aliphatic rings. The highest BCUT2D eigenvalue weighted by Gasteiger charge is 2.14. The Morgan fingerprint density at radius 2 is 1.86 bits per heavy atom. The molecule has 1 amide bonds. The fourth-order valence-corrected chi connectivity index (χ4v) is 3.92. The van der Waals surface area contributed by atoms with Gasteiger partial charge in [-0.1, -0.05) is 18.0 Å². The summed E-state index contributed by atoms with van der Waals surface area (Å²) in [5.74, 6) is 0.930. The van der Waals surface area contributed by atoms with Crippen molar-refractivity contribution in [2.75, 3.05) is 25.0 Å². The Balaban J connectivity index is 1.47. The van der Waals surface area contributed by atoms with E-state index in [1.165, 1.54) is 32.4 Å². The smallest absolute Gasteiger partial charge is 0.255 e. The number of imidazole rings is 1. The van der Waals surface area contributed by atoms with Crippen LogP contribution in [0.1, 0.15) is 35.4 Å².